The number of amides is 1. The molecule has 0 aromatic heterocycles. The van der Waals surface area contributed by atoms with Crippen LogP contribution in [0.1, 0.15) is 37.7 Å². The average Bonchev–Trinajstić information content (AvgIpc) is 2.42. The standard InChI is InChI=1S/C16H21NO3/c18-12-13-8-10-14(11-9-13)17-16(19)20-15-6-4-2-1-3-5-7-15/h4,6,8-11,15,18H,1-3,5,7,12H2,(H,17,19)/b6-4+. The molecule has 20 heavy (non-hydrogen) atoms. The van der Waals surface area contributed by atoms with Gasteiger partial charge in [0.05, 0.1) is 6.61 Å². The van der Waals surface area contributed by atoms with Crippen LogP contribution in [-0.4, -0.2) is 17.3 Å². The summed E-state index contributed by atoms with van der Waals surface area (Å²) in [6.45, 7) is -0.00239. The molecule has 108 valence electrons. The number of benzene rings is 1. The lowest BCUT2D eigenvalue weighted by Gasteiger charge is -2.16. The Labute approximate surface area is 119 Å². The maximum Gasteiger partial charge on any atom is 0.412 e. The summed E-state index contributed by atoms with van der Waals surface area (Å²) in [5.74, 6) is 0. The highest BCUT2D eigenvalue weighted by Crippen LogP contribution is 2.15. The first kappa shape index (κ1) is 14.6. The predicted molar refractivity (Wildman–Crippen MR) is 78.5 cm³/mol. The van der Waals surface area contributed by atoms with Gasteiger partial charge in [-0.3, -0.25) is 5.32 Å². The number of hydrogen-bond donors (Lipinski definition) is 2. The summed E-state index contributed by atoms with van der Waals surface area (Å²) in [4.78, 5) is 11.8. The fourth-order valence-corrected chi connectivity index (χ4v) is 2.21. The van der Waals surface area contributed by atoms with Crippen LogP contribution in [0.2, 0.25) is 0 Å². The zero-order valence-electron chi connectivity index (χ0n) is 11.5. The molecule has 1 atom stereocenters. The third kappa shape index (κ3) is 4.70. The Balaban J connectivity index is 1.85. The van der Waals surface area contributed by atoms with E-state index < -0.39 is 6.09 Å². The number of ether oxygens (including phenoxy) is 1. The first-order chi connectivity index (χ1) is 9.78. The van der Waals surface area contributed by atoms with Crippen LogP contribution in [0.4, 0.5) is 10.5 Å². The van der Waals surface area contributed by atoms with E-state index in [0.29, 0.717) is 5.69 Å². The summed E-state index contributed by atoms with van der Waals surface area (Å²) in [6.07, 6.45) is 8.94. The minimum atomic E-state index is -0.433. The van der Waals surface area contributed by atoms with Crippen molar-refractivity contribution < 1.29 is 14.6 Å². The van der Waals surface area contributed by atoms with Crippen molar-refractivity contribution in [1.82, 2.24) is 0 Å². The summed E-state index contributed by atoms with van der Waals surface area (Å²) in [5, 5.41) is 11.7. The summed E-state index contributed by atoms with van der Waals surface area (Å²) in [7, 11) is 0. The lowest BCUT2D eigenvalue weighted by molar-refractivity contribution is 0.127. The van der Waals surface area contributed by atoms with E-state index in [1.165, 1.54) is 12.8 Å². The van der Waals surface area contributed by atoms with Crippen LogP contribution in [0, 0.1) is 0 Å². The maximum absolute atomic E-state index is 11.8. The van der Waals surface area contributed by atoms with E-state index in [2.05, 4.69) is 11.4 Å². The number of carbonyl (C=O) groups is 1. The van der Waals surface area contributed by atoms with E-state index in [0.717, 1.165) is 24.8 Å². The predicted octanol–water partition coefficient (Wildman–Crippen LogP) is 3.62. The molecule has 1 amide bonds. The molecule has 0 saturated carbocycles. The lowest BCUT2D eigenvalue weighted by Crippen LogP contribution is -2.21. The topological polar surface area (TPSA) is 58.6 Å². The van der Waals surface area contributed by atoms with E-state index in [4.69, 9.17) is 9.84 Å². The van der Waals surface area contributed by atoms with Crippen molar-refractivity contribution in [2.75, 3.05) is 5.32 Å². The van der Waals surface area contributed by atoms with E-state index in [9.17, 15) is 4.79 Å². The largest absolute Gasteiger partial charge is 0.442 e. The Morgan fingerprint density at radius 2 is 2.05 bits per heavy atom. The van der Waals surface area contributed by atoms with Gasteiger partial charge in [0.25, 0.3) is 0 Å². The molecule has 4 heteroatoms. The number of aliphatic hydroxyl groups excluding tert-OH is 1. The van der Waals surface area contributed by atoms with Gasteiger partial charge in [-0.25, -0.2) is 4.79 Å². The molecule has 1 aromatic carbocycles. The van der Waals surface area contributed by atoms with Gasteiger partial charge in [0.2, 0.25) is 0 Å². The van der Waals surface area contributed by atoms with Crippen molar-refractivity contribution in [3.8, 4) is 0 Å². The molecule has 0 saturated heterocycles. The van der Waals surface area contributed by atoms with Gasteiger partial charge in [-0.15, -0.1) is 0 Å². The molecular formula is C16H21NO3. The van der Waals surface area contributed by atoms with E-state index in [1.807, 2.05) is 6.08 Å². The van der Waals surface area contributed by atoms with Crippen LogP contribution in [-0.2, 0) is 11.3 Å². The van der Waals surface area contributed by atoms with Crippen LogP contribution in [0.15, 0.2) is 36.4 Å². The van der Waals surface area contributed by atoms with E-state index >= 15 is 0 Å². The third-order valence-electron chi connectivity index (χ3n) is 3.35. The molecule has 2 rings (SSSR count). The van der Waals surface area contributed by atoms with Crippen LogP contribution < -0.4 is 5.32 Å². The molecular weight excluding hydrogens is 254 g/mol. The molecule has 0 bridgehead atoms. The molecule has 0 radical (unpaired) electrons. The zero-order valence-corrected chi connectivity index (χ0v) is 11.5. The molecule has 1 aliphatic carbocycles. The van der Waals surface area contributed by atoms with Crippen molar-refractivity contribution in [1.29, 1.82) is 0 Å². The van der Waals surface area contributed by atoms with Gasteiger partial charge in [-0.1, -0.05) is 24.6 Å². The van der Waals surface area contributed by atoms with Gasteiger partial charge >= 0.3 is 6.09 Å². The van der Waals surface area contributed by atoms with Crippen LogP contribution >= 0.6 is 0 Å². The number of aliphatic hydroxyl groups is 1. The number of allylic oxidation sites excluding steroid dienone is 1. The van der Waals surface area contributed by atoms with E-state index in [-0.39, 0.29) is 12.7 Å². The van der Waals surface area contributed by atoms with Crippen molar-refractivity contribution in [3.05, 3.63) is 42.0 Å². The Bertz CT molecular complexity index is 453. The molecule has 4 nitrogen and oxygen atoms in total. The van der Waals surface area contributed by atoms with Gasteiger partial charge in [0.15, 0.2) is 0 Å². The zero-order chi connectivity index (χ0) is 14.2. The lowest BCUT2D eigenvalue weighted by atomic mass is 10.0. The van der Waals surface area contributed by atoms with Crippen molar-refractivity contribution in [2.45, 2.75) is 44.8 Å². The molecule has 0 spiro atoms. The first-order valence-corrected chi connectivity index (χ1v) is 7.12. The van der Waals surface area contributed by atoms with Crippen molar-refractivity contribution in [3.63, 3.8) is 0 Å². The average molecular weight is 275 g/mol. The Hall–Kier alpha value is -1.81. The Morgan fingerprint density at radius 3 is 2.80 bits per heavy atom. The third-order valence-corrected chi connectivity index (χ3v) is 3.35. The fraction of sp³-hybridized carbons (Fsp3) is 0.438. The minimum Gasteiger partial charge on any atom is -0.442 e. The number of hydrogen-bond acceptors (Lipinski definition) is 3. The fourth-order valence-electron chi connectivity index (χ4n) is 2.21. The highest BCUT2D eigenvalue weighted by molar-refractivity contribution is 5.84. The number of anilines is 1. The van der Waals surface area contributed by atoms with Crippen LogP contribution in [0.5, 0.6) is 0 Å². The molecule has 1 unspecified atom stereocenters. The van der Waals surface area contributed by atoms with Gasteiger partial charge < -0.3 is 9.84 Å². The molecule has 0 heterocycles. The monoisotopic (exact) mass is 275 g/mol. The molecule has 0 aliphatic heterocycles. The quantitative estimate of drug-likeness (QED) is 0.828. The van der Waals surface area contributed by atoms with Gasteiger partial charge in [-0.2, -0.15) is 0 Å². The van der Waals surface area contributed by atoms with Crippen LogP contribution in [0.25, 0.3) is 0 Å². The van der Waals surface area contributed by atoms with Crippen molar-refractivity contribution in [2.24, 2.45) is 0 Å². The summed E-state index contributed by atoms with van der Waals surface area (Å²) in [6, 6.07) is 7.04. The summed E-state index contributed by atoms with van der Waals surface area (Å²) < 4.78 is 5.40. The highest BCUT2D eigenvalue weighted by Gasteiger charge is 2.12. The molecule has 0 fully saturated rings. The van der Waals surface area contributed by atoms with Gasteiger partial charge in [-0.05, 0) is 49.5 Å². The summed E-state index contributed by atoms with van der Waals surface area (Å²) in [5.41, 5.74) is 1.48. The SMILES string of the molecule is O=C(Nc1ccc(CO)cc1)OC1/C=C/CCCCC1. The molecule has 1 aromatic rings. The number of rotatable bonds is 3. The number of nitrogens with one attached hydrogen (secondary N) is 1. The second-order valence-corrected chi connectivity index (χ2v) is 4.99. The van der Waals surface area contributed by atoms with E-state index in [1.54, 1.807) is 24.3 Å². The normalized spacial score (nSPS) is 20.6. The minimum absolute atomic E-state index is 0.00239. The highest BCUT2D eigenvalue weighted by atomic mass is 16.6. The Kier molecular flexibility index (Phi) is 5.62. The van der Waals surface area contributed by atoms with Gasteiger partial charge in [0.1, 0.15) is 6.10 Å². The van der Waals surface area contributed by atoms with Crippen molar-refractivity contribution >= 4 is 11.8 Å². The second kappa shape index (κ2) is 7.70. The summed E-state index contributed by atoms with van der Waals surface area (Å²) >= 11 is 0. The second-order valence-electron chi connectivity index (χ2n) is 4.99. The smallest absolute Gasteiger partial charge is 0.412 e. The molecule has 1 aliphatic rings. The number of carbonyl (C=O) groups excluding carboxylic acids is 1. The van der Waals surface area contributed by atoms with Gasteiger partial charge in [0, 0.05) is 5.69 Å². The van der Waals surface area contributed by atoms with Crippen LogP contribution in [0.3, 0.4) is 0 Å². The Morgan fingerprint density at radius 1 is 1.25 bits per heavy atom. The molecule has 2 N–H and O–H groups in total. The first-order valence-electron chi connectivity index (χ1n) is 7.12. The maximum atomic E-state index is 11.8.